The summed E-state index contributed by atoms with van der Waals surface area (Å²) >= 11 is 0. The summed E-state index contributed by atoms with van der Waals surface area (Å²) in [6.07, 6.45) is 7.74. The number of nitrogens with one attached hydrogen (secondary N) is 1. The molecule has 0 aromatic heterocycles. The van der Waals surface area contributed by atoms with E-state index in [-0.39, 0.29) is 11.9 Å². The van der Waals surface area contributed by atoms with Gasteiger partial charge in [0.25, 0.3) is 0 Å². The van der Waals surface area contributed by atoms with Gasteiger partial charge in [-0.25, -0.2) is 8.42 Å². The zero-order valence-electron chi connectivity index (χ0n) is 14.8. The van der Waals surface area contributed by atoms with Crippen LogP contribution in [0.2, 0.25) is 0 Å². The van der Waals surface area contributed by atoms with Crippen LogP contribution in [-0.2, 0) is 14.8 Å². The summed E-state index contributed by atoms with van der Waals surface area (Å²) in [4.78, 5) is 12.6. The maximum absolute atomic E-state index is 12.6. The van der Waals surface area contributed by atoms with Crippen molar-refractivity contribution in [1.29, 1.82) is 0 Å². The molecule has 24 heavy (non-hydrogen) atoms. The summed E-state index contributed by atoms with van der Waals surface area (Å²) in [7, 11) is -3.55. The zero-order valence-corrected chi connectivity index (χ0v) is 15.6. The van der Waals surface area contributed by atoms with Gasteiger partial charge in [0, 0.05) is 6.04 Å². The average molecular weight is 352 g/mol. The highest BCUT2D eigenvalue weighted by molar-refractivity contribution is 7.92. The predicted molar refractivity (Wildman–Crippen MR) is 97.6 cm³/mol. The highest BCUT2D eigenvalue weighted by atomic mass is 32.2. The lowest BCUT2D eigenvalue weighted by Crippen LogP contribution is -2.50. The van der Waals surface area contributed by atoms with Crippen LogP contribution in [0.1, 0.15) is 51.0 Å². The number of rotatable bonds is 5. The van der Waals surface area contributed by atoms with Crippen LogP contribution in [0, 0.1) is 6.92 Å². The number of carbonyl (C=O) groups excluding carboxylic acids is 1. The third-order valence-electron chi connectivity index (χ3n) is 4.58. The molecule has 6 heteroatoms. The lowest BCUT2D eigenvalue weighted by Gasteiger charge is -2.29. The average Bonchev–Trinajstić information content (AvgIpc) is 2.76. The fourth-order valence-electron chi connectivity index (χ4n) is 3.25. The second kappa shape index (κ2) is 8.01. The van der Waals surface area contributed by atoms with Crippen LogP contribution < -0.4 is 9.62 Å². The van der Waals surface area contributed by atoms with E-state index in [0.29, 0.717) is 5.69 Å². The Morgan fingerprint density at radius 1 is 1.12 bits per heavy atom. The van der Waals surface area contributed by atoms with Gasteiger partial charge in [-0.2, -0.15) is 0 Å². The maximum atomic E-state index is 12.6. The van der Waals surface area contributed by atoms with Gasteiger partial charge < -0.3 is 5.32 Å². The van der Waals surface area contributed by atoms with Crippen molar-refractivity contribution in [3.05, 3.63) is 29.8 Å². The smallest absolute Gasteiger partial charge is 0.243 e. The molecule has 1 aromatic carbocycles. The van der Waals surface area contributed by atoms with E-state index in [1.54, 1.807) is 19.1 Å². The van der Waals surface area contributed by atoms with Crippen LogP contribution in [0.5, 0.6) is 0 Å². The molecule has 134 valence electrons. The van der Waals surface area contributed by atoms with E-state index in [2.05, 4.69) is 5.32 Å². The van der Waals surface area contributed by atoms with Crippen molar-refractivity contribution in [2.24, 2.45) is 0 Å². The Labute approximate surface area is 145 Å². The van der Waals surface area contributed by atoms with Gasteiger partial charge in [0.15, 0.2) is 0 Å². The van der Waals surface area contributed by atoms with Gasteiger partial charge in [-0.3, -0.25) is 9.10 Å². The van der Waals surface area contributed by atoms with Crippen molar-refractivity contribution in [3.63, 3.8) is 0 Å². The summed E-state index contributed by atoms with van der Waals surface area (Å²) in [5, 5.41) is 3.05. The summed E-state index contributed by atoms with van der Waals surface area (Å²) < 4.78 is 25.7. The third-order valence-corrected chi connectivity index (χ3v) is 5.82. The molecule has 1 fully saturated rings. The van der Waals surface area contributed by atoms with Gasteiger partial charge in [-0.1, -0.05) is 43.4 Å². The molecule has 1 atom stereocenters. The van der Waals surface area contributed by atoms with Crippen molar-refractivity contribution >= 4 is 21.6 Å². The predicted octanol–water partition coefficient (Wildman–Crippen LogP) is 2.99. The minimum atomic E-state index is -3.55. The Balaban J connectivity index is 2.16. The lowest BCUT2D eigenvalue weighted by atomic mass is 10.1. The van der Waals surface area contributed by atoms with Crippen LogP contribution in [-0.4, -0.2) is 32.7 Å². The molecule has 0 spiro atoms. The third kappa shape index (κ3) is 4.97. The number of anilines is 1. The number of hydrogen-bond donors (Lipinski definition) is 1. The van der Waals surface area contributed by atoms with Crippen LogP contribution in [0.4, 0.5) is 5.69 Å². The van der Waals surface area contributed by atoms with Crippen molar-refractivity contribution in [2.75, 3.05) is 10.6 Å². The Hall–Kier alpha value is -1.56. The van der Waals surface area contributed by atoms with Gasteiger partial charge in [-0.15, -0.1) is 0 Å². The molecule has 0 radical (unpaired) electrons. The summed E-state index contributed by atoms with van der Waals surface area (Å²) in [5.74, 6) is -0.229. The number of hydrogen-bond acceptors (Lipinski definition) is 3. The van der Waals surface area contributed by atoms with Crippen LogP contribution in [0.3, 0.4) is 0 Å². The van der Waals surface area contributed by atoms with Crippen molar-refractivity contribution in [1.82, 2.24) is 5.32 Å². The van der Waals surface area contributed by atoms with E-state index in [9.17, 15) is 13.2 Å². The van der Waals surface area contributed by atoms with E-state index in [1.807, 2.05) is 19.1 Å². The number of benzene rings is 1. The van der Waals surface area contributed by atoms with Gasteiger partial charge >= 0.3 is 0 Å². The molecule has 1 amide bonds. The fourth-order valence-corrected chi connectivity index (χ4v) is 4.42. The van der Waals surface area contributed by atoms with E-state index in [0.717, 1.165) is 37.5 Å². The zero-order chi connectivity index (χ0) is 17.7. The number of sulfonamides is 1. The molecule has 1 aromatic rings. The fraction of sp³-hybridized carbons (Fsp3) is 0.611. The molecule has 0 bridgehead atoms. The van der Waals surface area contributed by atoms with Crippen LogP contribution >= 0.6 is 0 Å². The molecule has 0 aliphatic heterocycles. The quantitative estimate of drug-likeness (QED) is 0.829. The topological polar surface area (TPSA) is 66.5 Å². The van der Waals surface area contributed by atoms with Gasteiger partial charge in [0.05, 0.1) is 11.9 Å². The molecule has 1 saturated carbocycles. The minimum absolute atomic E-state index is 0.155. The van der Waals surface area contributed by atoms with Gasteiger partial charge in [-0.05, 0) is 38.8 Å². The second-order valence-electron chi connectivity index (χ2n) is 6.77. The van der Waals surface area contributed by atoms with E-state index in [1.165, 1.54) is 17.1 Å². The van der Waals surface area contributed by atoms with Crippen molar-refractivity contribution in [2.45, 2.75) is 64.5 Å². The first-order chi connectivity index (χ1) is 11.3. The Morgan fingerprint density at radius 2 is 1.67 bits per heavy atom. The molecule has 1 N–H and O–H groups in total. The standard InChI is InChI=1S/C18H28N2O3S/c1-14-10-12-17(13-11-14)20(24(3,22)23)15(2)18(21)19-16-8-6-4-5-7-9-16/h10-13,15-16H,4-9H2,1-3H3,(H,19,21)/t15-/m0/s1. The lowest BCUT2D eigenvalue weighted by molar-refractivity contribution is -0.122. The molecule has 5 nitrogen and oxygen atoms in total. The number of carbonyl (C=O) groups is 1. The first-order valence-corrected chi connectivity index (χ1v) is 10.5. The van der Waals surface area contributed by atoms with Gasteiger partial charge in [0.1, 0.15) is 6.04 Å². The Bertz CT molecular complexity index is 647. The summed E-state index contributed by atoms with van der Waals surface area (Å²) in [5.41, 5.74) is 1.56. The molecule has 2 rings (SSSR count). The molecular weight excluding hydrogens is 324 g/mol. The molecule has 0 unspecified atom stereocenters. The summed E-state index contributed by atoms with van der Waals surface area (Å²) in [6.45, 7) is 3.59. The van der Waals surface area contributed by atoms with E-state index >= 15 is 0 Å². The van der Waals surface area contributed by atoms with E-state index in [4.69, 9.17) is 0 Å². The van der Waals surface area contributed by atoms with Crippen molar-refractivity contribution < 1.29 is 13.2 Å². The first-order valence-electron chi connectivity index (χ1n) is 8.65. The SMILES string of the molecule is Cc1ccc(N([C@@H](C)C(=O)NC2CCCCCC2)S(C)(=O)=O)cc1. The van der Waals surface area contributed by atoms with Gasteiger partial charge in [0.2, 0.25) is 15.9 Å². The molecule has 1 aliphatic carbocycles. The van der Waals surface area contributed by atoms with E-state index < -0.39 is 16.1 Å². The molecule has 0 heterocycles. The maximum Gasteiger partial charge on any atom is 0.243 e. The largest absolute Gasteiger partial charge is 0.352 e. The monoisotopic (exact) mass is 352 g/mol. The summed E-state index contributed by atoms with van der Waals surface area (Å²) in [6, 6.07) is 6.57. The van der Waals surface area contributed by atoms with Crippen molar-refractivity contribution in [3.8, 4) is 0 Å². The Kier molecular flexibility index (Phi) is 6.27. The van der Waals surface area contributed by atoms with Crippen LogP contribution in [0.25, 0.3) is 0 Å². The minimum Gasteiger partial charge on any atom is -0.352 e. The Morgan fingerprint density at radius 3 is 2.17 bits per heavy atom. The molecular formula is C18H28N2O3S. The van der Waals surface area contributed by atoms with Crippen LogP contribution in [0.15, 0.2) is 24.3 Å². The second-order valence-corrected chi connectivity index (χ2v) is 8.63. The molecule has 0 saturated heterocycles. The number of nitrogens with zero attached hydrogens (tertiary/aromatic N) is 1. The first kappa shape index (κ1) is 18.8. The highest BCUT2D eigenvalue weighted by Crippen LogP contribution is 2.22. The molecule has 1 aliphatic rings. The number of aryl methyl sites for hydroxylation is 1. The number of amides is 1. The highest BCUT2D eigenvalue weighted by Gasteiger charge is 2.30. The normalized spacial score (nSPS) is 17.8.